The Morgan fingerprint density at radius 2 is 1.89 bits per heavy atom. The topological polar surface area (TPSA) is 89.0 Å². The second-order valence-corrected chi connectivity index (χ2v) is 9.94. The highest BCUT2D eigenvalue weighted by Gasteiger charge is 2.48. The molecule has 1 N–H and O–H groups in total. The van der Waals surface area contributed by atoms with Crippen LogP contribution in [0.3, 0.4) is 0 Å². The van der Waals surface area contributed by atoms with Crippen molar-refractivity contribution in [3.8, 4) is 11.5 Å². The number of aromatic nitrogens is 1. The molecule has 2 heterocycles. The number of fused-ring (bicyclic) bond motifs is 1. The zero-order chi connectivity index (χ0) is 25.4. The van der Waals surface area contributed by atoms with Crippen molar-refractivity contribution >= 4 is 60.1 Å². The molecule has 1 saturated heterocycles. The number of aliphatic hydroxyl groups is 1. The molecule has 0 saturated carbocycles. The second-order valence-electron chi connectivity index (χ2n) is 8.02. The van der Waals surface area contributed by atoms with E-state index in [2.05, 4.69) is 20.9 Å². The van der Waals surface area contributed by atoms with Crippen molar-refractivity contribution in [1.82, 2.24) is 4.98 Å². The van der Waals surface area contributed by atoms with Gasteiger partial charge in [-0.15, -0.1) is 0 Å². The summed E-state index contributed by atoms with van der Waals surface area (Å²) < 4.78 is 12.5. The van der Waals surface area contributed by atoms with Crippen molar-refractivity contribution in [1.29, 1.82) is 0 Å². The molecular weight excluding hydrogens is 544 g/mol. The maximum absolute atomic E-state index is 13.4. The number of ketones is 1. The Balaban J connectivity index is 1.70. The molecule has 5 rings (SSSR count). The van der Waals surface area contributed by atoms with Gasteiger partial charge in [-0.3, -0.25) is 14.5 Å². The summed E-state index contributed by atoms with van der Waals surface area (Å²) in [5.41, 5.74) is 1.70. The van der Waals surface area contributed by atoms with Gasteiger partial charge in [0.2, 0.25) is 0 Å². The summed E-state index contributed by atoms with van der Waals surface area (Å²) in [6, 6.07) is 18.7. The van der Waals surface area contributed by atoms with Gasteiger partial charge in [-0.2, -0.15) is 0 Å². The van der Waals surface area contributed by atoms with Crippen LogP contribution in [0.25, 0.3) is 16.0 Å². The molecule has 0 spiro atoms. The van der Waals surface area contributed by atoms with E-state index in [0.29, 0.717) is 39.9 Å². The number of carbonyl (C=O) groups excluding carboxylic acids is 2. The zero-order valence-corrected chi connectivity index (χ0v) is 21.8. The summed E-state index contributed by atoms with van der Waals surface area (Å²) >= 11 is 4.76. The number of hydrogen-bond acceptors (Lipinski definition) is 7. The first kappa shape index (κ1) is 24.0. The van der Waals surface area contributed by atoms with E-state index < -0.39 is 17.7 Å². The van der Waals surface area contributed by atoms with Crippen LogP contribution in [0.2, 0.25) is 0 Å². The third-order valence-corrected chi connectivity index (χ3v) is 7.33. The summed E-state index contributed by atoms with van der Waals surface area (Å²) in [6.45, 7) is 2.43. The summed E-state index contributed by atoms with van der Waals surface area (Å²) in [7, 11) is 1.52. The van der Waals surface area contributed by atoms with E-state index in [1.165, 1.54) is 23.3 Å². The maximum Gasteiger partial charge on any atom is 0.301 e. The Kier molecular flexibility index (Phi) is 6.51. The van der Waals surface area contributed by atoms with E-state index in [9.17, 15) is 14.7 Å². The summed E-state index contributed by atoms with van der Waals surface area (Å²) in [5.74, 6) is -0.602. The molecule has 4 aromatic rings. The fraction of sp³-hybridized carbons (Fsp3) is 0.148. The Bertz CT molecular complexity index is 1530. The molecule has 0 bridgehead atoms. The molecule has 1 aromatic heterocycles. The van der Waals surface area contributed by atoms with E-state index in [0.717, 1.165) is 9.17 Å². The average molecular weight is 565 g/mol. The molecule has 9 heteroatoms. The molecule has 0 radical (unpaired) electrons. The normalized spacial score (nSPS) is 17.1. The molecule has 1 amide bonds. The molecule has 7 nitrogen and oxygen atoms in total. The minimum atomic E-state index is -0.874. The summed E-state index contributed by atoms with van der Waals surface area (Å²) in [6.07, 6.45) is 0. The summed E-state index contributed by atoms with van der Waals surface area (Å²) in [5, 5.41) is 11.7. The van der Waals surface area contributed by atoms with Gasteiger partial charge in [0.15, 0.2) is 5.13 Å². The highest BCUT2D eigenvalue weighted by molar-refractivity contribution is 9.10. The van der Waals surface area contributed by atoms with Gasteiger partial charge in [-0.05, 0) is 55.0 Å². The van der Waals surface area contributed by atoms with Crippen LogP contribution >= 0.6 is 27.3 Å². The van der Waals surface area contributed by atoms with Crippen LogP contribution in [-0.2, 0) is 9.59 Å². The number of nitrogens with zero attached hydrogens (tertiary/aromatic N) is 2. The predicted molar refractivity (Wildman–Crippen MR) is 143 cm³/mol. The Hall–Kier alpha value is -3.69. The minimum Gasteiger partial charge on any atom is -0.507 e. The van der Waals surface area contributed by atoms with Gasteiger partial charge in [0.25, 0.3) is 5.78 Å². The van der Waals surface area contributed by atoms with E-state index in [-0.39, 0.29) is 11.3 Å². The number of benzene rings is 3. The van der Waals surface area contributed by atoms with Gasteiger partial charge >= 0.3 is 5.91 Å². The van der Waals surface area contributed by atoms with Gasteiger partial charge < -0.3 is 14.6 Å². The van der Waals surface area contributed by atoms with Crippen LogP contribution in [-0.4, -0.2) is 35.5 Å². The van der Waals surface area contributed by atoms with Gasteiger partial charge in [0.05, 0.1) is 35.5 Å². The van der Waals surface area contributed by atoms with Crippen molar-refractivity contribution in [2.24, 2.45) is 0 Å². The number of anilines is 1. The lowest BCUT2D eigenvalue weighted by atomic mass is 9.95. The van der Waals surface area contributed by atoms with E-state index in [1.807, 2.05) is 49.4 Å². The molecule has 1 unspecified atom stereocenters. The third kappa shape index (κ3) is 4.25. The number of Topliss-reactive ketones (excluding diaryl/α,β-unsaturated/α-hetero) is 1. The molecule has 1 aliphatic heterocycles. The number of thiazole rings is 1. The van der Waals surface area contributed by atoms with E-state index >= 15 is 0 Å². The molecule has 0 aliphatic carbocycles. The first-order valence-corrected chi connectivity index (χ1v) is 12.8. The number of amides is 1. The Labute approximate surface area is 219 Å². The number of rotatable bonds is 6. The predicted octanol–water partition coefficient (Wildman–Crippen LogP) is 6.09. The van der Waals surface area contributed by atoms with Crippen molar-refractivity contribution in [2.75, 3.05) is 18.6 Å². The van der Waals surface area contributed by atoms with Gasteiger partial charge in [0, 0.05) is 10.0 Å². The smallest absolute Gasteiger partial charge is 0.301 e. The monoisotopic (exact) mass is 564 g/mol. The lowest BCUT2D eigenvalue weighted by Gasteiger charge is -2.23. The first-order chi connectivity index (χ1) is 17.4. The van der Waals surface area contributed by atoms with Crippen molar-refractivity contribution in [2.45, 2.75) is 13.0 Å². The number of ether oxygens (including phenoxy) is 2. The van der Waals surface area contributed by atoms with Gasteiger partial charge in [0.1, 0.15) is 17.3 Å². The lowest BCUT2D eigenvalue weighted by Crippen LogP contribution is -2.29. The van der Waals surface area contributed by atoms with Crippen LogP contribution in [0.15, 0.2) is 76.8 Å². The van der Waals surface area contributed by atoms with Crippen molar-refractivity contribution in [3.05, 3.63) is 87.9 Å². The summed E-state index contributed by atoms with van der Waals surface area (Å²) in [4.78, 5) is 32.8. The highest BCUT2D eigenvalue weighted by atomic mass is 79.9. The molecular formula is C27H21BrN2O5S. The van der Waals surface area contributed by atoms with E-state index in [1.54, 1.807) is 24.3 Å². The third-order valence-electron chi connectivity index (χ3n) is 5.82. The van der Waals surface area contributed by atoms with Crippen LogP contribution < -0.4 is 14.4 Å². The number of hydrogen-bond donors (Lipinski definition) is 1. The Morgan fingerprint density at radius 1 is 1.08 bits per heavy atom. The SMILES string of the molecule is CCOc1ccc2nc(N3C(=O)C(=O)C(=C(O)c4cccc(OC)c4)C3c3cccc(Br)c3)sc2c1. The molecule has 36 heavy (non-hydrogen) atoms. The first-order valence-electron chi connectivity index (χ1n) is 11.2. The number of aliphatic hydroxyl groups excluding tert-OH is 1. The number of methoxy groups -OCH3 is 1. The van der Waals surface area contributed by atoms with Crippen LogP contribution in [0.4, 0.5) is 5.13 Å². The quantitative estimate of drug-likeness (QED) is 0.173. The minimum absolute atomic E-state index is 0.0133. The number of halogens is 1. The molecule has 1 fully saturated rings. The molecule has 182 valence electrons. The Morgan fingerprint density at radius 3 is 2.64 bits per heavy atom. The largest absolute Gasteiger partial charge is 0.507 e. The van der Waals surface area contributed by atoms with Gasteiger partial charge in [-0.25, -0.2) is 4.98 Å². The molecule has 1 aliphatic rings. The second kappa shape index (κ2) is 9.75. The van der Waals surface area contributed by atoms with Gasteiger partial charge in [-0.1, -0.05) is 51.5 Å². The molecule has 3 aromatic carbocycles. The number of carbonyl (C=O) groups is 2. The zero-order valence-electron chi connectivity index (χ0n) is 19.4. The average Bonchev–Trinajstić information content (AvgIpc) is 3.41. The fourth-order valence-corrected chi connectivity index (χ4v) is 5.64. The van der Waals surface area contributed by atoms with Crippen molar-refractivity contribution in [3.63, 3.8) is 0 Å². The van der Waals surface area contributed by atoms with Crippen LogP contribution in [0.1, 0.15) is 24.1 Å². The van der Waals surface area contributed by atoms with Crippen LogP contribution in [0, 0.1) is 0 Å². The highest BCUT2D eigenvalue weighted by Crippen LogP contribution is 2.45. The standard InChI is InChI=1S/C27H21BrN2O5S/c1-3-35-19-10-11-20-21(14-19)36-27(29-20)30-23(15-6-4-8-17(28)12-15)22(25(32)26(30)33)24(31)16-7-5-9-18(13-16)34-2/h4-14,23,31H,3H2,1-2H3. The molecule has 1 atom stereocenters. The van der Waals surface area contributed by atoms with Crippen LogP contribution in [0.5, 0.6) is 11.5 Å². The van der Waals surface area contributed by atoms with E-state index in [4.69, 9.17) is 9.47 Å². The van der Waals surface area contributed by atoms with Crippen molar-refractivity contribution < 1.29 is 24.2 Å². The lowest BCUT2D eigenvalue weighted by molar-refractivity contribution is -0.132. The fourth-order valence-electron chi connectivity index (χ4n) is 4.20. The maximum atomic E-state index is 13.4.